The molecule has 28 heavy (non-hydrogen) atoms. The predicted molar refractivity (Wildman–Crippen MR) is 103 cm³/mol. The molecule has 0 aromatic heterocycles. The van der Waals surface area contributed by atoms with Gasteiger partial charge >= 0.3 is 12.1 Å². The first kappa shape index (κ1) is 23.4. The van der Waals surface area contributed by atoms with Gasteiger partial charge in [0.05, 0.1) is 11.0 Å². The zero-order valence-corrected chi connectivity index (χ0v) is 16.7. The molecule has 0 aliphatic heterocycles. The number of unbranched alkanes of at least 4 members (excludes halogenated alkanes) is 3. The number of carbonyl (C=O) groups excluding carboxylic acids is 2. The number of benzene rings is 1. The van der Waals surface area contributed by atoms with Crippen molar-refractivity contribution in [2.24, 2.45) is 0 Å². The van der Waals surface area contributed by atoms with Gasteiger partial charge in [0.1, 0.15) is 11.9 Å². The van der Waals surface area contributed by atoms with Crippen LogP contribution in [-0.2, 0) is 14.3 Å². The van der Waals surface area contributed by atoms with Crippen LogP contribution < -0.4 is 4.74 Å². The van der Waals surface area contributed by atoms with Crippen molar-refractivity contribution in [1.82, 2.24) is 0 Å². The van der Waals surface area contributed by atoms with Crippen LogP contribution >= 0.6 is 0 Å². The lowest BCUT2D eigenvalue weighted by Crippen LogP contribution is -2.23. The van der Waals surface area contributed by atoms with Gasteiger partial charge in [0.15, 0.2) is 0 Å². The van der Waals surface area contributed by atoms with Crippen LogP contribution in [0.25, 0.3) is 0 Å². The van der Waals surface area contributed by atoms with Crippen molar-refractivity contribution in [2.45, 2.75) is 77.9 Å². The highest BCUT2D eigenvalue weighted by Gasteiger charge is 2.19. The third kappa shape index (κ3) is 9.89. The second kappa shape index (κ2) is 12.7. The number of nitro benzene ring substituents is 1. The molecule has 0 saturated heterocycles. The standard InChI is InChI=1S/C20H29NO7/c1-4-5-6-7-8-17(13-14-19(22)26-15(2)3)27-20(23)28-18-11-9-16(10-12-18)21(24)25/h9-12,15,17H,4-8,13-14H2,1-3H3. The number of ether oxygens (including phenoxy) is 3. The molecule has 8 nitrogen and oxygen atoms in total. The molecule has 1 rings (SSSR count). The lowest BCUT2D eigenvalue weighted by molar-refractivity contribution is -0.384. The minimum atomic E-state index is -0.897. The molecule has 0 aliphatic rings. The first-order valence-electron chi connectivity index (χ1n) is 9.64. The van der Waals surface area contributed by atoms with E-state index in [2.05, 4.69) is 6.92 Å². The fourth-order valence-electron chi connectivity index (χ4n) is 2.55. The molecule has 1 unspecified atom stereocenters. The first-order valence-corrected chi connectivity index (χ1v) is 9.64. The van der Waals surface area contributed by atoms with Crippen LogP contribution in [0.4, 0.5) is 10.5 Å². The van der Waals surface area contributed by atoms with Gasteiger partial charge in [-0.3, -0.25) is 14.9 Å². The van der Waals surface area contributed by atoms with Gasteiger partial charge in [0.25, 0.3) is 5.69 Å². The number of esters is 1. The lowest BCUT2D eigenvalue weighted by atomic mass is 10.1. The van der Waals surface area contributed by atoms with Crippen LogP contribution in [0.1, 0.15) is 65.7 Å². The van der Waals surface area contributed by atoms with E-state index in [1.165, 1.54) is 24.3 Å². The summed E-state index contributed by atoms with van der Waals surface area (Å²) in [6, 6.07) is 5.14. The van der Waals surface area contributed by atoms with Gasteiger partial charge in [-0.15, -0.1) is 0 Å². The zero-order valence-electron chi connectivity index (χ0n) is 16.7. The first-order chi connectivity index (χ1) is 13.3. The smallest absolute Gasteiger partial charge is 0.463 e. The normalized spacial score (nSPS) is 11.7. The maximum Gasteiger partial charge on any atom is 0.514 e. The van der Waals surface area contributed by atoms with Crippen molar-refractivity contribution in [1.29, 1.82) is 0 Å². The van der Waals surface area contributed by atoms with Gasteiger partial charge in [-0.25, -0.2) is 4.79 Å². The molecule has 0 radical (unpaired) electrons. The number of nitro groups is 1. The van der Waals surface area contributed by atoms with E-state index in [0.717, 1.165) is 25.7 Å². The Morgan fingerprint density at radius 1 is 1.04 bits per heavy atom. The predicted octanol–water partition coefficient (Wildman–Crippen LogP) is 5.18. The molecule has 8 heteroatoms. The topological polar surface area (TPSA) is 105 Å². The Bertz CT molecular complexity index is 628. The fourth-order valence-corrected chi connectivity index (χ4v) is 2.55. The van der Waals surface area contributed by atoms with Crippen LogP contribution in [0.2, 0.25) is 0 Å². The number of hydrogen-bond acceptors (Lipinski definition) is 7. The molecule has 0 bridgehead atoms. The molecule has 1 aromatic carbocycles. The van der Waals surface area contributed by atoms with Crippen LogP contribution in [0.3, 0.4) is 0 Å². The van der Waals surface area contributed by atoms with Gasteiger partial charge in [-0.2, -0.15) is 0 Å². The van der Waals surface area contributed by atoms with Crippen LogP contribution in [0.5, 0.6) is 5.75 Å². The molecule has 0 heterocycles. The summed E-state index contributed by atoms with van der Waals surface area (Å²) in [5.74, 6) is -0.180. The zero-order chi connectivity index (χ0) is 20.9. The SMILES string of the molecule is CCCCCCC(CCC(=O)OC(C)C)OC(=O)Oc1ccc([N+](=O)[O-])cc1. The second-order valence-electron chi connectivity index (χ2n) is 6.77. The molecule has 1 aromatic rings. The van der Waals surface area contributed by atoms with E-state index in [4.69, 9.17) is 14.2 Å². The molecule has 0 saturated carbocycles. The van der Waals surface area contributed by atoms with E-state index in [1.54, 1.807) is 13.8 Å². The molecular weight excluding hydrogens is 366 g/mol. The van der Waals surface area contributed by atoms with E-state index in [-0.39, 0.29) is 29.9 Å². The van der Waals surface area contributed by atoms with Gasteiger partial charge in [-0.05, 0) is 45.2 Å². The number of non-ortho nitro benzene ring substituents is 1. The Morgan fingerprint density at radius 2 is 1.71 bits per heavy atom. The van der Waals surface area contributed by atoms with Crippen molar-refractivity contribution in [2.75, 3.05) is 0 Å². The number of carbonyl (C=O) groups is 2. The summed E-state index contributed by atoms with van der Waals surface area (Å²) in [7, 11) is 0. The summed E-state index contributed by atoms with van der Waals surface area (Å²) in [6.45, 7) is 5.66. The van der Waals surface area contributed by atoms with Gasteiger partial charge in [0.2, 0.25) is 0 Å². The Balaban J connectivity index is 2.57. The van der Waals surface area contributed by atoms with Gasteiger partial charge in [0, 0.05) is 18.6 Å². The monoisotopic (exact) mass is 395 g/mol. The van der Waals surface area contributed by atoms with Crippen molar-refractivity contribution in [3.05, 3.63) is 34.4 Å². The fraction of sp³-hybridized carbons (Fsp3) is 0.600. The van der Waals surface area contributed by atoms with Crippen LogP contribution in [0.15, 0.2) is 24.3 Å². The third-order valence-corrected chi connectivity index (χ3v) is 3.93. The third-order valence-electron chi connectivity index (χ3n) is 3.93. The van der Waals surface area contributed by atoms with E-state index in [1.807, 2.05) is 0 Å². The molecule has 156 valence electrons. The van der Waals surface area contributed by atoms with E-state index < -0.39 is 17.2 Å². The van der Waals surface area contributed by atoms with E-state index in [9.17, 15) is 19.7 Å². The van der Waals surface area contributed by atoms with Crippen molar-refractivity contribution in [3.63, 3.8) is 0 Å². The molecule has 0 amide bonds. The van der Waals surface area contributed by atoms with E-state index >= 15 is 0 Å². The molecule has 0 spiro atoms. The molecule has 1 atom stereocenters. The highest BCUT2D eigenvalue weighted by Crippen LogP contribution is 2.19. The van der Waals surface area contributed by atoms with Gasteiger partial charge in [-0.1, -0.05) is 26.2 Å². The Kier molecular flexibility index (Phi) is 10.6. The van der Waals surface area contributed by atoms with Crippen molar-refractivity contribution in [3.8, 4) is 5.75 Å². The summed E-state index contributed by atoms with van der Waals surface area (Å²) in [6.07, 6.45) is 3.67. The molecule has 0 aliphatic carbocycles. The number of rotatable bonds is 12. The second-order valence-corrected chi connectivity index (χ2v) is 6.77. The quantitative estimate of drug-likeness (QED) is 0.158. The summed E-state index contributed by atoms with van der Waals surface area (Å²) < 4.78 is 15.6. The lowest BCUT2D eigenvalue weighted by Gasteiger charge is -2.17. The average molecular weight is 395 g/mol. The Labute approximate surface area is 165 Å². The Morgan fingerprint density at radius 3 is 2.29 bits per heavy atom. The molecular formula is C20H29NO7. The Hall–Kier alpha value is -2.64. The van der Waals surface area contributed by atoms with Gasteiger partial charge < -0.3 is 14.2 Å². The highest BCUT2D eigenvalue weighted by atomic mass is 16.7. The maximum atomic E-state index is 12.1. The minimum Gasteiger partial charge on any atom is -0.463 e. The average Bonchev–Trinajstić information content (AvgIpc) is 2.62. The minimum absolute atomic E-state index is 0.0989. The molecule has 0 fully saturated rings. The van der Waals surface area contributed by atoms with Crippen molar-refractivity contribution < 1.29 is 28.7 Å². The van der Waals surface area contributed by atoms with Crippen molar-refractivity contribution >= 4 is 17.8 Å². The number of hydrogen-bond donors (Lipinski definition) is 0. The van der Waals surface area contributed by atoms with E-state index in [0.29, 0.717) is 12.8 Å². The van der Waals surface area contributed by atoms with Crippen LogP contribution in [-0.4, -0.2) is 29.3 Å². The maximum absolute atomic E-state index is 12.1. The number of nitrogens with zero attached hydrogens (tertiary/aromatic N) is 1. The van der Waals surface area contributed by atoms with Crippen LogP contribution in [0, 0.1) is 10.1 Å². The summed E-state index contributed by atoms with van der Waals surface area (Å²) in [5, 5.41) is 10.7. The highest BCUT2D eigenvalue weighted by molar-refractivity contribution is 5.69. The summed E-state index contributed by atoms with van der Waals surface area (Å²) >= 11 is 0. The summed E-state index contributed by atoms with van der Waals surface area (Å²) in [5.41, 5.74) is -0.0989. The molecule has 0 N–H and O–H groups in total. The summed E-state index contributed by atoms with van der Waals surface area (Å²) in [4.78, 5) is 33.9. The largest absolute Gasteiger partial charge is 0.514 e.